The molecule has 0 aliphatic rings. The van der Waals surface area contributed by atoms with E-state index in [1.807, 2.05) is 0 Å². The molecule has 0 bridgehead atoms. The van der Waals surface area contributed by atoms with Gasteiger partial charge in [0.15, 0.2) is 0 Å². The number of benzene rings is 2. The van der Waals surface area contributed by atoms with Crippen LogP contribution in [-0.2, 0) is 40.5 Å². The Balaban J connectivity index is 3.35. The lowest BCUT2D eigenvalue weighted by molar-refractivity contribution is 0.466. The monoisotopic (exact) mass is 448 g/mol. The van der Waals surface area contributed by atoms with Gasteiger partial charge in [0.2, 0.25) is 0 Å². The summed E-state index contributed by atoms with van der Waals surface area (Å²) in [6.07, 6.45) is 0. The Bertz CT molecular complexity index is 1350. The summed E-state index contributed by atoms with van der Waals surface area (Å²) < 4.78 is 128. The molecule has 0 aliphatic heterocycles. The first-order valence-electron chi connectivity index (χ1n) is 5.95. The second kappa shape index (κ2) is 5.92. The molecule has 0 saturated carbocycles. The number of hydrogen-bond acceptors (Lipinski definition) is 8. The highest BCUT2D eigenvalue weighted by Crippen LogP contribution is 2.36. The molecule has 0 aromatic heterocycles. The van der Waals surface area contributed by atoms with Gasteiger partial charge >= 0.3 is 0 Å². The molecule has 0 saturated heterocycles. The second-order valence-electron chi connectivity index (χ2n) is 4.81. The van der Waals surface area contributed by atoms with Gasteiger partial charge in [-0.2, -0.15) is 33.7 Å². The van der Waals surface area contributed by atoms with Crippen LogP contribution in [0.1, 0.15) is 0 Å². The molecule has 2 rings (SSSR count). The molecule has 0 atom stereocenters. The molecule has 0 amide bonds. The zero-order valence-electron chi connectivity index (χ0n) is 12.0. The van der Waals surface area contributed by atoms with E-state index in [0.717, 1.165) is 0 Å². The number of hydrogen-bond donors (Lipinski definition) is 4. The zero-order valence-corrected chi connectivity index (χ0v) is 15.3. The van der Waals surface area contributed by atoms with Gasteiger partial charge < -0.3 is 0 Å². The van der Waals surface area contributed by atoms with E-state index in [-0.39, 0.29) is 6.07 Å². The molecule has 0 radical (unpaired) electrons. The highest BCUT2D eigenvalue weighted by atomic mass is 32.2. The molecule has 0 aliphatic carbocycles. The average molecular weight is 448 g/mol. The Morgan fingerprint density at radius 2 is 1.04 bits per heavy atom. The third-order valence-electron chi connectivity index (χ3n) is 3.10. The van der Waals surface area contributed by atoms with E-state index in [9.17, 15) is 42.8 Å². The summed E-state index contributed by atoms with van der Waals surface area (Å²) in [6.45, 7) is 0. The molecule has 2 aromatic rings. The molecule has 12 nitrogen and oxygen atoms in total. The first kappa shape index (κ1) is 20.6. The fraction of sp³-hybridized carbons (Fsp3) is 0. The third kappa shape index (κ3) is 3.86. The van der Waals surface area contributed by atoms with Crippen molar-refractivity contribution >= 4 is 51.2 Å². The van der Waals surface area contributed by atoms with E-state index in [1.54, 1.807) is 0 Å². The SMILES string of the molecule is O=S(=O)(O)c1ccc2c(S(=O)(=O)O)cc(S(=O)(=O)O)c(S(=O)(=O)O)c2c1. The number of fused-ring (bicyclic) bond motifs is 1. The molecular formula is C10H8O12S4. The van der Waals surface area contributed by atoms with E-state index in [0.29, 0.717) is 18.2 Å². The van der Waals surface area contributed by atoms with Gasteiger partial charge in [0.05, 0.1) is 4.90 Å². The Labute approximate surface area is 147 Å². The van der Waals surface area contributed by atoms with Crippen molar-refractivity contribution < 1.29 is 51.9 Å². The van der Waals surface area contributed by atoms with Gasteiger partial charge in [-0.15, -0.1) is 0 Å². The standard InChI is InChI=1S/C10H8O12S4/c11-23(12,13)5-1-2-6-7(3-5)10(26(20,21)22)9(25(17,18)19)4-8(6)24(14,15)16/h1-4H,(H,11,12,13)(H,14,15,16)(H,17,18,19)(H,20,21,22). The fourth-order valence-corrected chi connectivity index (χ4v) is 5.46. The van der Waals surface area contributed by atoms with Gasteiger partial charge in [0.1, 0.15) is 14.7 Å². The van der Waals surface area contributed by atoms with E-state index < -0.39 is 70.8 Å². The topological polar surface area (TPSA) is 217 Å². The van der Waals surface area contributed by atoms with Gasteiger partial charge in [-0.1, -0.05) is 6.07 Å². The minimum Gasteiger partial charge on any atom is -0.282 e. The van der Waals surface area contributed by atoms with Crippen LogP contribution in [0.15, 0.2) is 43.8 Å². The molecule has 4 N–H and O–H groups in total. The van der Waals surface area contributed by atoms with Gasteiger partial charge in [0.25, 0.3) is 40.5 Å². The van der Waals surface area contributed by atoms with Crippen LogP contribution in [0.4, 0.5) is 0 Å². The minimum absolute atomic E-state index is 0.0726. The first-order chi connectivity index (χ1) is 11.4. The maximum Gasteiger partial charge on any atom is 0.296 e. The van der Waals surface area contributed by atoms with Crippen molar-refractivity contribution in [2.45, 2.75) is 19.6 Å². The van der Waals surface area contributed by atoms with Crippen LogP contribution in [0.5, 0.6) is 0 Å². The van der Waals surface area contributed by atoms with Crippen LogP contribution in [0.25, 0.3) is 10.8 Å². The van der Waals surface area contributed by atoms with Crippen molar-refractivity contribution in [1.29, 1.82) is 0 Å². The van der Waals surface area contributed by atoms with Crippen molar-refractivity contribution in [2.75, 3.05) is 0 Å². The lowest BCUT2D eigenvalue weighted by atomic mass is 10.1. The van der Waals surface area contributed by atoms with Gasteiger partial charge in [0, 0.05) is 10.8 Å². The lowest BCUT2D eigenvalue weighted by Crippen LogP contribution is -2.12. The van der Waals surface area contributed by atoms with Crippen LogP contribution in [0.2, 0.25) is 0 Å². The van der Waals surface area contributed by atoms with Gasteiger partial charge in [-0.25, -0.2) is 0 Å². The second-order valence-corrected chi connectivity index (χ2v) is 10.4. The highest BCUT2D eigenvalue weighted by Gasteiger charge is 2.31. The smallest absolute Gasteiger partial charge is 0.282 e. The Hall–Kier alpha value is -1.66. The van der Waals surface area contributed by atoms with Crippen molar-refractivity contribution in [1.82, 2.24) is 0 Å². The molecule has 0 heterocycles. The third-order valence-corrected chi connectivity index (χ3v) is 6.80. The summed E-state index contributed by atoms with van der Waals surface area (Å²) in [4.78, 5) is -5.36. The summed E-state index contributed by atoms with van der Waals surface area (Å²) in [7, 11) is -21.1. The van der Waals surface area contributed by atoms with Crippen molar-refractivity contribution in [2.24, 2.45) is 0 Å². The normalized spacial score (nSPS) is 13.8. The minimum atomic E-state index is -5.47. The van der Waals surface area contributed by atoms with Crippen molar-refractivity contribution in [3.8, 4) is 0 Å². The molecule has 26 heavy (non-hydrogen) atoms. The zero-order chi connectivity index (χ0) is 20.3. The summed E-state index contributed by atoms with van der Waals surface area (Å²) in [5.41, 5.74) is 0. The van der Waals surface area contributed by atoms with Gasteiger partial charge in [-0.3, -0.25) is 18.2 Å². The van der Waals surface area contributed by atoms with Crippen molar-refractivity contribution in [3.63, 3.8) is 0 Å². The largest absolute Gasteiger partial charge is 0.296 e. The summed E-state index contributed by atoms with van der Waals surface area (Å²) in [6, 6.07) is 1.69. The molecule has 144 valence electrons. The van der Waals surface area contributed by atoms with Crippen LogP contribution in [0, 0.1) is 0 Å². The van der Waals surface area contributed by atoms with E-state index in [2.05, 4.69) is 0 Å². The Morgan fingerprint density at radius 3 is 1.42 bits per heavy atom. The van der Waals surface area contributed by atoms with E-state index in [4.69, 9.17) is 9.11 Å². The highest BCUT2D eigenvalue weighted by molar-refractivity contribution is 7.89. The fourth-order valence-electron chi connectivity index (χ4n) is 2.15. The maximum absolute atomic E-state index is 11.6. The van der Waals surface area contributed by atoms with E-state index >= 15 is 0 Å². The summed E-state index contributed by atoms with van der Waals surface area (Å²) in [5, 5.41) is -1.72. The predicted octanol–water partition coefficient (Wildman–Crippen LogP) is -0.173. The van der Waals surface area contributed by atoms with E-state index in [1.165, 1.54) is 0 Å². The summed E-state index contributed by atoms with van der Waals surface area (Å²) >= 11 is 0. The Morgan fingerprint density at radius 1 is 0.538 bits per heavy atom. The van der Waals surface area contributed by atoms with Gasteiger partial charge in [-0.05, 0) is 18.2 Å². The van der Waals surface area contributed by atoms with Crippen LogP contribution < -0.4 is 0 Å². The number of rotatable bonds is 4. The molecular weight excluding hydrogens is 440 g/mol. The van der Waals surface area contributed by atoms with Crippen LogP contribution in [0.3, 0.4) is 0 Å². The van der Waals surface area contributed by atoms with Crippen LogP contribution in [-0.4, -0.2) is 51.9 Å². The first-order valence-corrected chi connectivity index (χ1v) is 11.7. The van der Waals surface area contributed by atoms with Crippen molar-refractivity contribution in [3.05, 3.63) is 24.3 Å². The predicted molar refractivity (Wildman–Crippen MR) is 83.2 cm³/mol. The Kier molecular flexibility index (Phi) is 4.71. The molecule has 0 unspecified atom stereocenters. The van der Waals surface area contributed by atoms with Crippen LogP contribution >= 0.6 is 0 Å². The summed E-state index contributed by atoms with van der Waals surface area (Å²) in [5.74, 6) is 0. The maximum atomic E-state index is 11.6. The lowest BCUT2D eigenvalue weighted by Gasteiger charge is -2.13. The molecule has 0 fully saturated rings. The molecule has 0 spiro atoms. The quantitative estimate of drug-likeness (QED) is 0.448. The molecule has 2 aromatic carbocycles. The average Bonchev–Trinajstić information content (AvgIpc) is 2.40. The molecule has 16 heteroatoms.